The average Bonchev–Trinajstić information content (AvgIpc) is 4.17. The van der Waals surface area contributed by atoms with Gasteiger partial charge in [-0.15, -0.1) is 11.3 Å². The van der Waals surface area contributed by atoms with Crippen molar-refractivity contribution in [1.82, 2.24) is 39.4 Å². The summed E-state index contributed by atoms with van der Waals surface area (Å²) in [5, 5.41) is 8.29. The highest BCUT2D eigenvalue weighted by molar-refractivity contribution is 7.20. The number of imidazole rings is 1. The first kappa shape index (κ1) is 44.3. The van der Waals surface area contributed by atoms with E-state index in [-0.39, 0.29) is 23.6 Å². The van der Waals surface area contributed by atoms with Gasteiger partial charge in [0.05, 0.1) is 33.4 Å². The maximum atomic E-state index is 12.9. The van der Waals surface area contributed by atoms with E-state index in [1.54, 1.807) is 36.9 Å². The largest absolute Gasteiger partial charge is 0.472 e. The number of pyridine rings is 2. The minimum absolute atomic E-state index is 0.00390. The van der Waals surface area contributed by atoms with Crippen molar-refractivity contribution < 1.29 is 23.6 Å². The van der Waals surface area contributed by atoms with Crippen molar-refractivity contribution in [3.8, 4) is 0 Å². The summed E-state index contributed by atoms with van der Waals surface area (Å²) in [5.74, 6) is 1.58. The second-order valence-electron chi connectivity index (χ2n) is 17.2. The quantitative estimate of drug-likeness (QED) is 0.0982. The molecule has 14 heteroatoms. The van der Waals surface area contributed by atoms with Crippen molar-refractivity contribution in [1.29, 1.82) is 0 Å². The Morgan fingerprint density at radius 1 is 0.781 bits per heavy atom. The van der Waals surface area contributed by atoms with Crippen molar-refractivity contribution in [2.45, 2.75) is 70.6 Å². The molecule has 0 unspecified atom stereocenters. The number of hydrogen-bond acceptors (Lipinski definition) is 8. The van der Waals surface area contributed by atoms with E-state index >= 15 is 0 Å². The molecular formula is C50H58N8O5S. The molecule has 7 aromatic rings. The first-order valence-electron chi connectivity index (χ1n) is 22.7. The number of piperidine rings is 2. The van der Waals surface area contributed by atoms with Crippen molar-refractivity contribution in [2.75, 3.05) is 39.3 Å². The zero-order chi connectivity index (χ0) is 44.3. The van der Waals surface area contributed by atoms with Gasteiger partial charge >= 0.3 is 0 Å². The minimum Gasteiger partial charge on any atom is -0.472 e. The molecule has 13 nitrogen and oxygen atoms in total. The normalized spacial score (nSPS) is 14.8. The number of likely N-dealkylation sites (tertiary alicyclic amines) is 2. The van der Waals surface area contributed by atoms with E-state index < -0.39 is 0 Å². The molecule has 6 aromatic heterocycles. The number of carbonyl (C=O) groups is 4. The van der Waals surface area contributed by atoms with E-state index in [2.05, 4.69) is 43.5 Å². The maximum absolute atomic E-state index is 12.9. The summed E-state index contributed by atoms with van der Waals surface area (Å²) in [5.41, 5.74) is 4.39. The van der Waals surface area contributed by atoms with E-state index in [4.69, 9.17) is 4.42 Å². The number of carbonyl (C=O) groups excluding carboxylic acids is 4. The van der Waals surface area contributed by atoms with Gasteiger partial charge in [0.2, 0.25) is 5.91 Å². The van der Waals surface area contributed by atoms with Crippen LogP contribution in [0.2, 0.25) is 0 Å². The fourth-order valence-corrected chi connectivity index (χ4v) is 10.0. The number of aryl methyl sites for hydroxylation is 1. The highest BCUT2D eigenvalue weighted by Gasteiger charge is 2.25. The SMILES string of the molecule is Cn1cc(CC(=O)N2CCC(CCCCNC(=O)c3cc4ccncc4s3)CC2)c2ccccc21.O=C(NCCCCC1CCN(C(=O)c2ccoc2)CC1)c1ccc2nccn2c1. The lowest BCUT2D eigenvalue weighted by molar-refractivity contribution is -0.131. The highest BCUT2D eigenvalue weighted by atomic mass is 32.1. The number of benzene rings is 1. The van der Waals surface area contributed by atoms with Gasteiger partial charge in [-0.05, 0) is 97.7 Å². The number of aromatic nitrogens is 4. The molecule has 64 heavy (non-hydrogen) atoms. The standard InChI is InChI=1S/C28H32N4O2S.C22H26N4O3/c1-31-19-22(23-7-2-3-8-24(23)31)17-27(33)32-14-10-20(11-15-32)6-4-5-12-30-28(34)25-16-21-9-13-29-18-26(21)35-25;27-21(18-4-5-20-23-10-13-26(20)15-18)24-9-2-1-3-17-6-11-25(12-7-17)22(28)19-8-14-29-16-19/h2-3,7-9,13,16,18-20H,4-6,10-12,14-15,17H2,1H3,(H,30,34);4-5,8,10,13-17H,1-3,6-7,9,11-12H2,(H,24,27). The minimum atomic E-state index is -0.0494. The van der Waals surface area contributed by atoms with Crippen LogP contribution in [0, 0.1) is 11.8 Å². The molecule has 4 amide bonds. The van der Waals surface area contributed by atoms with Gasteiger partial charge in [0.15, 0.2) is 0 Å². The Morgan fingerprint density at radius 3 is 2.22 bits per heavy atom. The molecule has 2 saturated heterocycles. The summed E-state index contributed by atoms with van der Waals surface area (Å²) >= 11 is 1.49. The Balaban J connectivity index is 0.000000178. The van der Waals surface area contributed by atoms with Crippen LogP contribution < -0.4 is 10.6 Å². The van der Waals surface area contributed by atoms with Crippen LogP contribution >= 0.6 is 11.3 Å². The first-order valence-corrected chi connectivity index (χ1v) is 23.6. The van der Waals surface area contributed by atoms with Gasteiger partial charge < -0.3 is 33.8 Å². The van der Waals surface area contributed by atoms with Gasteiger partial charge in [0.1, 0.15) is 11.9 Å². The molecule has 9 rings (SSSR count). The van der Waals surface area contributed by atoms with E-state index in [1.807, 2.05) is 57.8 Å². The molecule has 334 valence electrons. The van der Waals surface area contributed by atoms with Crippen LogP contribution in [0.3, 0.4) is 0 Å². The molecule has 0 aliphatic carbocycles. The fraction of sp³-hybridized carbons (Fsp3) is 0.400. The lowest BCUT2D eigenvalue weighted by Crippen LogP contribution is -2.39. The Kier molecular flexibility index (Phi) is 14.8. The van der Waals surface area contributed by atoms with E-state index in [1.165, 1.54) is 34.8 Å². The molecule has 2 aliphatic heterocycles. The number of amides is 4. The number of thiophene rings is 1. The van der Waals surface area contributed by atoms with Gasteiger partial charge in [0, 0.05) is 94.4 Å². The van der Waals surface area contributed by atoms with E-state index in [9.17, 15) is 19.2 Å². The highest BCUT2D eigenvalue weighted by Crippen LogP contribution is 2.27. The second-order valence-corrected chi connectivity index (χ2v) is 18.3. The molecule has 0 atom stereocenters. The van der Waals surface area contributed by atoms with Gasteiger partial charge in [-0.25, -0.2) is 4.98 Å². The molecule has 0 bridgehead atoms. The lowest BCUT2D eigenvalue weighted by atomic mass is 9.91. The van der Waals surface area contributed by atoms with Crippen molar-refractivity contribution >= 4 is 61.6 Å². The summed E-state index contributed by atoms with van der Waals surface area (Å²) in [7, 11) is 2.04. The Bertz CT molecular complexity index is 2620. The number of furan rings is 1. The summed E-state index contributed by atoms with van der Waals surface area (Å²) in [6, 6.07) is 17.5. The molecule has 0 saturated carbocycles. The van der Waals surface area contributed by atoms with Crippen LogP contribution in [0.25, 0.3) is 26.6 Å². The topological polar surface area (TPSA) is 147 Å². The van der Waals surface area contributed by atoms with E-state index in [0.29, 0.717) is 42.5 Å². The smallest absolute Gasteiger partial charge is 0.261 e. The molecule has 0 spiro atoms. The van der Waals surface area contributed by atoms with Gasteiger partial charge in [-0.1, -0.05) is 43.9 Å². The number of rotatable bonds is 15. The number of nitrogens with zero attached hydrogens (tertiary/aromatic N) is 6. The maximum Gasteiger partial charge on any atom is 0.261 e. The predicted octanol–water partition coefficient (Wildman–Crippen LogP) is 8.55. The van der Waals surface area contributed by atoms with Crippen LogP contribution in [0.1, 0.15) is 100 Å². The van der Waals surface area contributed by atoms with Crippen LogP contribution in [-0.2, 0) is 18.3 Å². The molecule has 0 radical (unpaired) electrons. The summed E-state index contributed by atoms with van der Waals surface area (Å²) in [6.07, 6.45) is 25.2. The molecule has 1 aromatic carbocycles. The molecular weight excluding hydrogens is 825 g/mol. The summed E-state index contributed by atoms with van der Waals surface area (Å²) in [6.45, 7) is 4.70. The molecule has 2 N–H and O–H groups in total. The Hall–Kier alpha value is -6.28. The molecule has 2 aliphatic rings. The van der Waals surface area contributed by atoms with Crippen molar-refractivity contribution in [3.05, 3.63) is 126 Å². The zero-order valence-corrected chi connectivity index (χ0v) is 37.4. The van der Waals surface area contributed by atoms with E-state index in [0.717, 1.165) is 117 Å². The third-order valence-electron chi connectivity index (χ3n) is 12.8. The van der Waals surface area contributed by atoms with Crippen LogP contribution in [0.4, 0.5) is 0 Å². The second kappa shape index (κ2) is 21.4. The van der Waals surface area contributed by atoms with Crippen LogP contribution in [0.15, 0.2) is 109 Å². The third-order valence-corrected chi connectivity index (χ3v) is 13.9. The molecule has 8 heterocycles. The summed E-state index contributed by atoms with van der Waals surface area (Å²) in [4.78, 5) is 63.0. The number of hydrogen-bond donors (Lipinski definition) is 2. The van der Waals surface area contributed by atoms with Gasteiger partial charge in [-0.3, -0.25) is 24.2 Å². The third kappa shape index (κ3) is 11.3. The number of para-hydroxylation sites is 1. The Labute approximate surface area is 377 Å². The number of unbranched alkanes of at least 4 members (excludes halogenated alkanes) is 2. The number of fused-ring (bicyclic) bond motifs is 3. The van der Waals surface area contributed by atoms with Gasteiger partial charge in [-0.2, -0.15) is 0 Å². The summed E-state index contributed by atoms with van der Waals surface area (Å²) < 4.78 is 9.99. The Morgan fingerprint density at radius 2 is 1.50 bits per heavy atom. The average molecular weight is 883 g/mol. The van der Waals surface area contributed by atoms with Crippen LogP contribution in [-0.4, -0.2) is 91.6 Å². The first-order chi connectivity index (χ1) is 31.3. The van der Waals surface area contributed by atoms with Gasteiger partial charge in [0.25, 0.3) is 17.7 Å². The number of nitrogens with one attached hydrogen (secondary N) is 2. The lowest BCUT2D eigenvalue weighted by Gasteiger charge is -2.32. The van der Waals surface area contributed by atoms with Crippen LogP contribution in [0.5, 0.6) is 0 Å². The molecule has 2 fully saturated rings. The predicted molar refractivity (Wildman–Crippen MR) is 250 cm³/mol. The monoisotopic (exact) mass is 882 g/mol. The fourth-order valence-electron chi connectivity index (χ4n) is 9.07. The zero-order valence-electron chi connectivity index (χ0n) is 36.6. The van der Waals surface area contributed by atoms with Crippen molar-refractivity contribution in [2.24, 2.45) is 18.9 Å². The van der Waals surface area contributed by atoms with Crippen molar-refractivity contribution in [3.63, 3.8) is 0 Å².